The molecule has 8 heteroatoms. The average molecular weight is 310 g/mol. The Morgan fingerprint density at radius 1 is 1.27 bits per heavy atom. The monoisotopic (exact) mass is 310 g/mol. The highest BCUT2D eigenvalue weighted by atomic mass is 19.4. The third-order valence-corrected chi connectivity index (χ3v) is 2.77. The maximum Gasteiger partial charge on any atom is 0.433 e. The van der Waals surface area contributed by atoms with E-state index in [0.29, 0.717) is 5.69 Å². The number of alkyl halides is 3. The van der Waals surface area contributed by atoms with Gasteiger partial charge in [-0.05, 0) is 30.7 Å². The van der Waals surface area contributed by atoms with Gasteiger partial charge in [0.15, 0.2) is 0 Å². The van der Waals surface area contributed by atoms with Crippen molar-refractivity contribution in [3.8, 4) is 0 Å². The number of aromatic nitrogens is 2. The second-order valence-corrected chi connectivity index (χ2v) is 4.57. The van der Waals surface area contributed by atoms with Crippen LogP contribution in [-0.4, -0.2) is 15.9 Å². The van der Waals surface area contributed by atoms with Crippen LogP contribution in [0.1, 0.15) is 27.6 Å². The van der Waals surface area contributed by atoms with Gasteiger partial charge in [-0.2, -0.15) is 13.2 Å². The van der Waals surface area contributed by atoms with Gasteiger partial charge in [0.2, 0.25) is 5.82 Å². The van der Waals surface area contributed by atoms with Crippen LogP contribution in [0, 0.1) is 6.92 Å². The number of aryl methyl sites for hydroxylation is 1. The van der Waals surface area contributed by atoms with E-state index >= 15 is 0 Å². The van der Waals surface area contributed by atoms with Crippen molar-refractivity contribution in [1.29, 1.82) is 0 Å². The Labute approximate surface area is 124 Å². The number of anilines is 1. The third-order valence-electron chi connectivity index (χ3n) is 2.77. The molecule has 0 unspecified atom stereocenters. The molecule has 0 saturated heterocycles. The lowest BCUT2D eigenvalue weighted by atomic mass is 10.2. The number of halogens is 3. The highest BCUT2D eigenvalue weighted by Gasteiger charge is 2.34. The molecule has 1 aromatic carbocycles. The lowest BCUT2D eigenvalue weighted by Crippen LogP contribution is -2.20. The van der Waals surface area contributed by atoms with E-state index in [4.69, 9.17) is 5.73 Å². The van der Waals surface area contributed by atoms with Crippen molar-refractivity contribution in [3.63, 3.8) is 0 Å². The number of carbonyl (C=O) groups is 1. The molecule has 0 radical (unpaired) electrons. The van der Waals surface area contributed by atoms with Crippen LogP contribution in [0.2, 0.25) is 0 Å². The standard InChI is InChI=1S/C14H13F3N4O/c1-8-5-11(14(15,16)17)21-12(19-8)13(22)20-10-4-2-3-9(6-10)7-18/h2-6H,7,18H2,1H3,(H,20,22). The van der Waals surface area contributed by atoms with Crippen molar-refractivity contribution >= 4 is 11.6 Å². The molecule has 3 N–H and O–H groups in total. The molecule has 116 valence electrons. The minimum Gasteiger partial charge on any atom is -0.326 e. The maximum atomic E-state index is 12.7. The summed E-state index contributed by atoms with van der Waals surface area (Å²) in [5, 5.41) is 2.45. The SMILES string of the molecule is Cc1cc(C(F)(F)F)nc(C(=O)Nc2cccc(CN)c2)n1. The van der Waals surface area contributed by atoms with Crippen LogP contribution in [0.5, 0.6) is 0 Å². The highest BCUT2D eigenvalue weighted by molar-refractivity contribution is 6.01. The number of nitrogens with zero attached hydrogens (tertiary/aromatic N) is 2. The number of nitrogens with two attached hydrogens (primary N) is 1. The van der Waals surface area contributed by atoms with E-state index in [0.717, 1.165) is 11.6 Å². The summed E-state index contributed by atoms with van der Waals surface area (Å²) < 4.78 is 38.1. The van der Waals surface area contributed by atoms with Gasteiger partial charge in [-0.25, -0.2) is 9.97 Å². The van der Waals surface area contributed by atoms with E-state index in [1.165, 1.54) is 6.92 Å². The predicted octanol–water partition coefficient (Wildman–Crippen LogP) is 2.51. The molecule has 0 fully saturated rings. The van der Waals surface area contributed by atoms with Crippen molar-refractivity contribution in [3.05, 3.63) is 53.1 Å². The Balaban J connectivity index is 2.27. The van der Waals surface area contributed by atoms with Gasteiger partial charge < -0.3 is 11.1 Å². The number of nitrogens with one attached hydrogen (secondary N) is 1. The van der Waals surface area contributed by atoms with Crippen LogP contribution in [0.4, 0.5) is 18.9 Å². The summed E-state index contributed by atoms with van der Waals surface area (Å²) >= 11 is 0. The average Bonchev–Trinajstić information content (AvgIpc) is 2.46. The number of benzene rings is 1. The smallest absolute Gasteiger partial charge is 0.326 e. The van der Waals surface area contributed by atoms with Crippen LogP contribution in [-0.2, 0) is 12.7 Å². The van der Waals surface area contributed by atoms with Crippen LogP contribution in [0.25, 0.3) is 0 Å². The first-order chi connectivity index (χ1) is 10.3. The van der Waals surface area contributed by atoms with Gasteiger partial charge in [-0.15, -0.1) is 0 Å². The first-order valence-corrected chi connectivity index (χ1v) is 6.33. The minimum atomic E-state index is -4.64. The zero-order valence-electron chi connectivity index (χ0n) is 11.6. The molecule has 2 rings (SSSR count). The van der Waals surface area contributed by atoms with Gasteiger partial charge in [0.25, 0.3) is 5.91 Å². The first kappa shape index (κ1) is 15.9. The summed E-state index contributed by atoms with van der Waals surface area (Å²) in [5.41, 5.74) is 5.58. The van der Waals surface area contributed by atoms with Gasteiger partial charge in [0, 0.05) is 17.9 Å². The molecular weight excluding hydrogens is 297 g/mol. The summed E-state index contributed by atoms with van der Waals surface area (Å²) in [6.07, 6.45) is -4.64. The molecule has 0 aliphatic rings. The fourth-order valence-electron chi connectivity index (χ4n) is 1.78. The molecule has 0 spiro atoms. The fraction of sp³-hybridized carbons (Fsp3) is 0.214. The van der Waals surface area contributed by atoms with Crippen molar-refractivity contribution in [2.75, 3.05) is 5.32 Å². The topological polar surface area (TPSA) is 80.9 Å². The Morgan fingerprint density at radius 2 is 2.00 bits per heavy atom. The fourth-order valence-corrected chi connectivity index (χ4v) is 1.78. The second-order valence-electron chi connectivity index (χ2n) is 4.57. The van der Waals surface area contributed by atoms with E-state index in [9.17, 15) is 18.0 Å². The van der Waals surface area contributed by atoms with Crippen LogP contribution >= 0.6 is 0 Å². The van der Waals surface area contributed by atoms with Crippen LogP contribution < -0.4 is 11.1 Å². The molecule has 0 aliphatic carbocycles. The second kappa shape index (κ2) is 6.10. The Bertz CT molecular complexity index is 701. The Morgan fingerprint density at radius 3 is 2.64 bits per heavy atom. The number of hydrogen-bond acceptors (Lipinski definition) is 4. The molecule has 1 heterocycles. The summed E-state index contributed by atoms with van der Waals surface area (Å²) in [6.45, 7) is 1.64. The van der Waals surface area contributed by atoms with Gasteiger partial charge in [-0.1, -0.05) is 12.1 Å². The van der Waals surface area contributed by atoms with Gasteiger partial charge >= 0.3 is 6.18 Å². The van der Waals surface area contributed by atoms with Gasteiger partial charge in [0.05, 0.1) is 0 Å². The number of amides is 1. The molecule has 22 heavy (non-hydrogen) atoms. The van der Waals surface area contributed by atoms with Crippen LogP contribution in [0.3, 0.4) is 0 Å². The van der Waals surface area contributed by atoms with Gasteiger partial charge in [-0.3, -0.25) is 4.79 Å². The summed E-state index contributed by atoms with van der Waals surface area (Å²) in [7, 11) is 0. The Kier molecular flexibility index (Phi) is 4.41. The van der Waals surface area contributed by atoms with Crippen molar-refractivity contribution in [2.45, 2.75) is 19.6 Å². The largest absolute Gasteiger partial charge is 0.433 e. The summed E-state index contributed by atoms with van der Waals surface area (Å²) in [6, 6.07) is 7.44. The van der Waals surface area contributed by atoms with E-state index in [-0.39, 0.29) is 12.2 Å². The zero-order valence-corrected chi connectivity index (χ0v) is 11.6. The Hall–Kier alpha value is -2.48. The quantitative estimate of drug-likeness (QED) is 0.913. The van der Waals surface area contributed by atoms with E-state index in [1.54, 1.807) is 24.3 Å². The van der Waals surface area contributed by atoms with E-state index in [2.05, 4.69) is 15.3 Å². The molecule has 5 nitrogen and oxygen atoms in total. The number of rotatable bonds is 3. The normalized spacial score (nSPS) is 11.3. The predicted molar refractivity (Wildman–Crippen MR) is 74.1 cm³/mol. The van der Waals surface area contributed by atoms with Crippen molar-refractivity contribution < 1.29 is 18.0 Å². The highest BCUT2D eigenvalue weighted by Crippen LogP contribution is 2.27. The molecule has 0 bridgehead atoms. The molecule has 1 amide bonds. The molecular formula is C14H13F3N4O. The molecule has 0 saturated carbocycles. The molecule has 0 aliphatic heterocycles. The van der Waals surface area contributed by atoms with Gasteiger partial charge in [0.1, 0.15) is 5.69 Å². The van der Waals surface area contributed by atoms with Crippen LogP contribution in [0.15, 0.2) is 30.3 Å². The van der Waals surface area contributed by atoms with Crippen molar-refractivity contribution in [1.82, 2.24) is 9.97 Å². The van der Waals surface area contributed by atoms with E-state index < -0.39 is 23.6 Å². The van der Waals surface area contributed by atoms with Crippen molar-refractivity contribution in [2.24, 2.45) is 5.73 Å². The minimum absolute atomic E-state index is 0.0585. The number of hydrogen-bond donors (Lipinski definition) is 2. The summed E-state index contributed by atoms with van der Waals surface area (Å²) in [5.74, 6) is -1.35. The van der Waals surface area contributed by atoms with E-state index in [1.807, 2.05) is 0 Å². The molecule has 1 aromatic heterocycles. The maximum absolute atomic E-state index is 12.7. The third kappa shape index (κ3) is 3.79. The lowest BCUT2D eigenvalue weighted by Gasteiger charge is -2.09. The first-order valence-electron chi connectivity index (χ1n) is 6.33. The molecule has 2 aromatic rings. The number of carbonyl (C=O) groups excluding carboxylic acids is 1. The summed E-state index contributed by atoms with van der Waals surface area (Å²) in [4.78, 5) is 19.0. The zero-order chi connectivity index (χ0) is 16.3. The molecule has 0 atom stereocenters. The lowest BCUT2D eigenvalue weighted by molar-refractivity contribution is -0.141.